The highest BCUT2D eigenvalue weighted by molar-refractivity contribution is 7.98. The quantitative estimate of drug-likeness (QED) is 0.804. The number of nitrogens with zero attached hydrogens (tertiary/aromatic N) is 4. The van der Waals surface area contributed by atoms with E-state index in [1.54, 1.807) is 16.4 Å². The summed E-state index contributed by atoms with van der Waals surface area (Å²) < 4.78 is 12.3. The Hall–Kier alpha value is -1.80. The van der Waals surface area contributed by atoms with Gasteiger partial charge in [-0.1, -0.05) is 17.8 Å². The van der Waals surface area contributed by atoms with E-state index in [0.717, 1.165) is 28.0 Å². The molecule has 0 spiro atoms. The second kappa shape index (κ2) is 5.45. The number of aromatic nitrogens is 4. The number of nitrogens with two attached hydrogens (primary N) is 1. The van der Waals surface area contributed by atoms with Gasteiger partial charge < -0.3 is 15.2 Å². The fraction of sp³-hybridized carbons (Fsp3) is 0.364. The molecular formula is C11H13N5O2S. The summed E-state index contributed by atoms with van der Waals surface area (Å²) in [5, 5.41) is 12.3. The van der Waals surface area contributed by atoms with Gasteiger partial charge in [-0.15, -0.1) is 5.10 Å². The Balaban J connectivity index is 1.67. The number of benzene rings is 1. The molecule has 0 amide bonds. The molecule has 7 nitrogen and oxygen atoms in total. The SMILES string of the molecule is NCCn1nnnc1SCc1ccc2c(c1)OCO2. The molecule has 19 heavy (non-hydrogen) atoms. The minimum atomic E-state index is 0.292. The van der Waals surface area contributed by atoms with Crippen molar-refractivity contribution in [2.75, 3.05) is 13.3 Å². The van der Waals surface area contributed by atoms with E-state index < -0.39 is 0 Å². The lowest BCUT2D eigenvalue weighted by atomic mass is 10.2. The van der Waals surface area contributed by atoms with Gasteiger partial charge in [0.15, 0.2) is 11.5 Å². The third-order valence-corrected chi connectivity index (χ3v) is 3.67. The fourth-order valence-corrected chi connectivity index (χ4v) is 2.59. The minimum absolute atomic E-state index is 0.292. The molecule has 0 unspecified atom stereocenters. The van der Waals surface area contributed by atoms with E-state index in [0.29, 0.717) is 19.9 Å². The molecule has 1 aliphatic heterocycles. The van der Waals surface area contributed by atoms with Crippen molar-refractivity contribution in [2.24, 2.45) is 5.73 Å². The summed E-state index contributed by atoms with van der Waals surface area (Å²) in [6, 6.07) is 5.91. The largest absolute Gasteiger partial charge is 0.454 e. The molecule has 0 atom stereocenters. The van der Waals surface area contributed by atoms with E-state index in [1.165, 1.54) is 0 Å². The van der Waals surface area contributed by atoms with Gasteiger partial charge in [-0.25, -0.2) is 4.68 Å². The summed E-state index contributed by atoms with van der Waals surface area (Å²) in [4.78, 5) is 0. The Labute approximate surface area is 114 Å². The van der Waals surface area contributed by atoms with Crippen LogP contribution in [0.3, 0.4) is 0 Å². The highest BCUT2D eigenvalue weighted by atomic mass is 32.2. The summed E-state index contributed by atoms with van der Waals surface area (Å²) in [5.74, 6) is 2.35. The first-order valence-corrected chi connectivity index (χ1v) is 6.83. The van der Waals surface area contributed by atoms with Gasteiger partial charge in [-0.3, -0.25) is 0 Å². The zero-order valence-corrected chi connectivity index (χ0v) is 11.0. The van der Waals surface area contributed by atoms with Crippen LogP contribution in [-0.2, 0) is 12.3 Å². The zero-order chi connectivity index (χ0) is 13.1. The van der Waals surface area contributed by atoms with Gasteiger partial charge in [-0.2, -0.15) is 0 Å². The molecule has 3 rings (SSSR count). The van der Waals surface area contributed by atoms with E-state index in [9.17, 15) is 0 Å². The van der Waals surface area contributed by atoms with Gasteiger partial charge in [0, 0.05) is 12.3 Å². The third kappa shape index (κ3) is 2.64. The summed E-state index contributed by atoms with van der Waals surface area (Å²) in [5.41, 5.74) is 6.64. The molecule has 0 bridgehead atoms. The lowest BCUT2D eigenvalue weighted by Crippen LogP contribution is -2.12. The lowest BCUT2D eigenvalue weighted by Gasteiger charge is -2.03. The van der Waals surface area contributed by atoms with Crippen molar-refractivity contribution in [3.05, 3.63) is 23.8 Å². The van der Waals surface area contributed by atoms with Crippen LogP contribution in [0.4, 0.5) is 0 Å². The summed E-state index contributed by atoms with van der Waals surface area (Å²) in [6.45, 7) is 1.43. The number of tetrazole rings is 1. The van der Waals surface area contributed by atoms with Gasteiger partial charge in [0.2, 0.25) is 11.9 Å². The van der Waals surface area contributed by atoms with Crippen molar-refractivity contribution >= 4 is 11.8 Å². The van der Waals surface area contributed by atoms with Crippen molar-refractivity contribution in [2.45, 2.75) is 17.5 Å². The van der Waals surface area contributed by atoms with Crippen LogP contribution in [0.5, 0.6) is 11.5 Å². The summed E-state index contributed by atoms with van der Waals surface area (Å²) in [7, 11) is 0. The molecule has 0 fully saturated rings. The number of thioether (sulfide) groups is 1. The Morgan fingerprint density at radius 1 is 1.32 bits per heavy atom. The zero-order valence-electron chi connectivity index (χ0n) is 10.2. The smallest absolute Gasteiger partial charge is 0.231 e. The van der Waals surface area contributed by atoms with Gasteiger partial charge >= 0.3 is 0 Å². The average molecular weight is 279 g/mol. The lowest BCUT2D eigenvalue weighted by molar-refractivity contribution is 0.174. The maximum absolute atomic E-state index is 5.50. The number of hydrogen-bond acceptors (Lipinski definition) is 7. The van der Waals surface area contributed by atoms with Crippen LogP contribution < -0.4 is 15.2 Å². The molecule has 0 saturated heterocycles. The first kappa shape index (κ1) is 12.2. The fourth-order valence-electron chi connectivity index (χ4n) is 1.74. The van der Waals surface area contributed by atoms with E-state index >= 15 is 0 Å². The molecule has 2 N–H and O–H groups in total. The Morgan fingerprint density at radius 3 is 3.11 bits per heavy atom. The van der Waals surface area contributed by atoms with Crippen LogP contribution >= 0.6 is 11.8 Å². The predicted octanol–water partition coefficient (Wildman–Crippen LogP) is 0.653. The highest BCUT2D eigenvalue weighted by Gasteiger charge is 2.14. The topological polar surface area (TPSA) is 88.1 Å². The van der Waals surface area contributed by atoms with Crippen LogP contribution in [0.2, 0.25) is 0 Å². The molecule has 1 aromatic heterocycles. The van der Waals surface area contributed by atoms with Crippen LogP contribution in [0.25, 0.3) is 0 Å². The second-order valence-electron chi connectivity index (χ2n) is 3.95. The molecule has 2 heterocycles. The van der Waals surface area contributed by atoms with E-state index in [4.69, 9.17) is 15.2 Å². The predicted molar refractivity (Wildman–Crippen MR) is 69.0 cm³/mol. The molecule has 0 saturated carbocycles. The first-order chi connectivity index (χ1) is 9.36. The van der Waals surface area contributed by atoms with E-state index in [2.05, 4.69) is 15.5 Å². The molecule has 2 aromatic rings. The summed E-state index contributed by atoms with van der Waals surface area (Å²) >= 11 is 1.57. The monoisotopic (exact) mass is 279 g/mol. The van der Waals surface area contributed by atoms with Crippen LogP contribution in [0.15, 0.2) is 23.4 Å². The average Bonchev–Trinajstić information content (AvgIpc) is 3.05. The molecular weight excluding hydrogens is 266 g/mol. The third-order valence-electron chi connectivity index (χ3n) is 2.64. The number of hydrogen-bond donors (Lipinski definition) is 1. The van der Waals surface area contributed by atoms with Crippen molar-refractivity contribution < 1.29 is 9.47 Å². The number of rotatable bonds is 5. The van der Waals surface area contributed by atoms with Gasteiger partial charge in [0.05, 0.1) is 6.54 Å². The Morgan fingerprint density at radius 2 is 2.21 bits per heavy atom. The minimum Gasteiger partial charge on any atom is -0.454 e. The van der Waals surface area contributed by atoms with Gasteiger partial charge in [-0.05, 0) is 28.1 Å². The summed E-state index contributed by atoms with van der Waals surface area (Å²) in [6.07, 6.45) is 0. The second-order valence-corrected chi connectivity index (χ2v) is 4.89. The van der Waals surface area contributed by atoms with E-state index in [1.807, 2.05) is 18.2 Å². The molecule has 0 radical (unpaired) electrons. The van der Waals surface area contributed by atoms with Gasteiger partial charge in [0.1, 0.15) is 0 Å². The van der Waals surface area contributed by atoms with Crippen molar-refractivity contribution in [3.8, 4) is 11.5 Å². The molecule has 1 aliphatic rings. The van der Waals surface area contributed by atoms with E-state index in [-0.39, 0.29) is 0 Å². The Bertz CT molecular complexity index is 574. The molecule has 100 valence electrons. The number of ether oxygens (including phenoxy) is 2. The normalized spacial score (nSPS) is 12.9. The van der Waals surface area contributed by atoms with Gasteiger partial charge in [0.25, 0.3) is 0 Å². The number of fused-ring (bicyclic) bond motifs is 1. The Kier molecular flexibility index (Phi) is 3.51. The standard InChI is InChI=1S/C11H13N5O2S/c12-3-4-16-11(13-14-15-16)19-6-8-1-2-9-10(5-8)18-7-17-9/h1-2,5H,3-4,6-7,12H2. The molecule has 8 heteroatoms. The maximum atomic E-state index is 5.50. The van der Waals surface area contributed by atoms with Crippen LogP contribution in [0, 0.1) is 0 Å². The van der Waals surface area contributed by atoms with Crippen LogP contribution in [0.1, 0.15) is 5.56 Å². The highest BCUT2D eigenvalue weighted by Crippen LogP contribution is 2.34. The van der Waals surface area contributed by atoms with Crippen molar-refractivity contribution in [1.29, 1.82) is 0 Å². The van der Waals surface area contributed by atoms with Crippen molar-refractivity contribution in [1.82, 2.24) is 20.2 Å². The molecule has 1 aromatic carbocycles. The van der Waals surface area contributed by atoms with Crippen LogP contribution in [-0.4, -0.2) is 33.5 Å². The first-order valence-electron chi connectivity index (χ1n) is 5.84. The molecule has 0 aliphatic carbocycles. The van der Waals surface area contributed by atoms with Crippen molar-refractivity contribution in [3.63, 3.8) is 0 Å². The maximum Gasteiger partial charge on any atom is 0.231 e.